The summed E-state index contributed by atoms with van der Waals surface area (Å²) in [6.07, 6.45) is 4.79. The smallest absolute Gasteiger partial charge is 0.223 e. The van der Waals surface area contributed by atoms with Crippen molar-refractivity contribution in [2.45, 2.75) is 25.4 Å². The van der Waals surface area contributed by atoms with Crippen LogP contribution in [0.4, 0.5) is 0 Å². The zero-order chi connectivity index (χ0) is 20.1. The zero-order valence-electron chi connectivity index (χ0n) is 16.5. The normalized spacial score (nSPS) is 22.0. The quantitative estimate of drug-likeness (QED) is 0.783. The Kier molecular flexibility index (Phi) is 6.18. The summed E-state index contributed by atoms with van der Waals surface area (Å²) in [5.74, 6) is 0.516. The fourth-order valence-corrected chi connectivity index (χ4v) is 4.32. The second-order valence-corrected chi connectivity index (χ2v) is 7.97. The minimum atomic E-state index is 0.0755. The van der Waals surface area contributed by atoms with Gasteiger partial charge >= 0.3 is 0 Å². The summed E-state index contributed by atoms with van der Waals surface area (Å²) in [5, 5.41) is 9.15. The number of benzene rings is 1. The van der Waals surface area contributed by atoms with Gasteiger partial charge in [0.15, 0.2) is 0 Å². The summed E-state index contributed by atoms with van der Waals surface area (Å²) in [5.41, 5.74) is 2.97. The van der Waals surface area contributed by atoms with E-state index in [9.17, 15) is 4.79 Å². The molecule has 0 spiro atoms. The number of rotatable bonds is 5. The molecule has 6 nitrogen and oxygen atoms in total. The van der Waals surface area contributed by atoms with Crippen LogP contribution in [0.3, 0.4) is 0 Å². The van der Waals surface area contributed by atoms with Gasteiger partial charge in [-0.1, -0.05) is 12.1 Å². The lowest BCUT2D eigenvalue weighted by atomic mass is 10.1. The van der Waals surface area contributed by atoms with Crippen LogP contribution in [0, 0.1) is 17.2 Å². The largest absolute Gasteiger partial charge is 0.379 e. The Labute approximate surface area is 171 Å². The lowest BCUT2D eigenvalue weighted by Crippen LogP contribution is -2.46. The Bertz CT molecular complexity index is 880. The molecule has 2 atom stereocenters. The van der Waals surface area contributed by atoms with Crippen molar-refractivity contribution < 1.29 is 9.53 Å². The number of nitrogens with zero attached hydrogens (tertiary/aromatic N) is 4. The van der Waals surface area contributed by atoms with Crippen LogP contribution >= 0.6 is 0 Å². The SMILES string of the molecule is N#Cc1cccc(CN2C[C@@H]3COC[C@H](C2)N(C(=O)CCc2ccncc2)C3)c1. The molecule has 2 aliphatic heterocycles. The fraction of sp³-hybridized carbons (Fsp3) is 0.435. The van der Waals surface area contributed by atoms with Gasteiger partial charge in [-0.05, 0) is 41.8 Å². The van der Waals surface area contributed by atoms with Crippen LogP contribution in [-0.4, -0.2) is 59.6 Å². The molecule has 1 aromatic carbocycles. The molecule has 2 saturated heterocycles. The van der Waals surface area contributed by atoms with E-state index in [1.807, 2.05) is 35.2 Å². The van der Waals surface area contributed by atoms with Crippen molar-refractivity contribution in [3.05, 3.63) is 65.5 Å². The van der Waals surface area contributed by atoms with Gasteiger partial charge in [-0.25, -0.2) is 0 Å². The van der Waals surface area contributed by atoms with Crippen LogP contribution in [0.1, 0.15) is 23.1 Å². The minimum Gasteiger partial charge on any atom is -0.379 e. The number of pyridine rings is 1. The first-order valence-corrected chi connectivity index (χ1v) is 10.2. The highest BCUT2D eigenvalue weighted by Crippen LogP contribution is 2.22. The Morgan fingerprint density at radius 3 is 2.83 bits per heavy atom. The van der Waals surface area contributed by atoms with E-state index >= 15 is 0 Å². The summed E-state index contributed by atoms with van der Waals surface area (Å²) in [7, 11) is 0. The third-order valence-electron chi connectivity index (χ3n) is 5.70. The summed E-state index contributed by atoms with van der Waals surface area (Å²) >= 11 is 0. The molecule has 2 fully saturated rings. The van der Waals surface area contributed by atoms with Crippen molar-refractivity contribution in [2.75, 3.05) is 32.8 Å². The molecule has 6 heteroatoms. The van der Waals surface area contributed by atoms with E-state index in [4.69, 9.17) is 10.00 Å². The zero-order valence-corrected chi connectivity index (χ0v) is 16.5. The summed E-state index contributed by atoms with van der Waals surface area (Å²) in [6, 6.07) is 14.0. The van der Waals surface area contributed by atoms with Gasteiger partial charge < -0.3 is 9.64 Å². The lowest BCUT2D eigenvalue weighted by Gasteiger charge is -2.31. The van der Waals surface area contributed by atoms with Crippen molar-refractivity contribution in [2.24, 2.45) is 5.92 Å². The maximum absolute atomic E-state index is 13.0. The summed E-state index contributed by atoms with van der Waals surface area (Å²) in [6.45, 7) is 4.54. The molecule has 29 heavy (non-hydrogen) atoms. The molecular weight excluding hydrogens is 364 g/mol. The first-order chi connectivity index (χ1) is 14.2. The van der Waals surface area contributed by atoms with E-state index in [2.05, 4.69) is 22.0 Å². The molecule has 150 valence electrons. The predicted octanol–water partition coefficient (Wildman–Crippen LogP) is 2.25. The van der Waals surface area contributed by atoms with Gasteiger partial charge in [0.2, 0.25) is 5.91 Å². The maximum atomic E-state index is 13.0. The molecule has 0 saturated carbocycles. The first kappa shape index (κ1) is 19.6. The summed E-state index contributed by atoms with van der Waals surface area (Å²) in [4.78, 5) is 21.5. The van der Waals surface area contributed by atoms with Gasteiger partial charge in [0.25, 0.3) is 0 Å². The number of aryl methyl sites for hydroxylation is 1. The van der Waals surface area contributed by atoms with E-state index in [1.165, 1.54) is 0 Å². The maximum Gasteiger partial charge on any atom is 0.223 e. The van der Waals surface area contributed by atoms with Crippen molar-refractivity contribution >= 4 is 5.91 Å². The minimum absolute atomic E-state index is 0.0755. The fourth-order valence-electron chi connectivity index (χ4n) is 4.32. The second-order valence-electron chi connectivity index (χ2n) is 7.97. The van der Waals surface area contributed by atoms with Crippen LogP contribution in [-0.2, 0) is 22.5 Å². The standard InChI is InChI=1S/C23H26N4O2/c24-11-19-2-1-3-20(10-19)12-26-13-21-14-27(22(15-26)17-29-16-21)23(28)5-4-18-6-8-25-9-7-18/h1-3,6-10,21-22H,4-5,12-17H2/t21-,22-/m0/s1. The van der Waals surface area contributed by atoms with Gasteiger partial charge in [0.05, 0.1) is 30.9 Å². The van der Waals surface area contributed by atoms with E-state index < -0.39 is 0 Å². The lowest BCUT2D eigenvalue weighted by molar-refractivity contribution is -0.133. The van der Waals surface area contributed by atoms with Crippen LogP contribution in [0.5, 0.6) is 0 Å². The van der Waals surface area contributed by atoms with Crippen molar-refractivity contribution in [1.29, 1.82) is 5.26 Å². The van der Waals surface area contributed by atoms with E-state index in [1.54, 1.807) is 12.4 Å². The van der Waals surface area contributed by atoms with Crippen molar-refractivity contribution in [3.63, 3.8) is 0 Å². The van der Waals surface area contributed by atoms with Crippen molar-refractivity contribution in [1.82, 2.24) is 14.8 Å². The number of ether oxygens (including phenoxy) is 1. The predicted molar refractivity (Wildman–Crippen MR) is 109 cm³/mol. The van der Waals surface area contributed by atoms with E-state index in [-0.39, 0.29) is 11.9 Å². The van der Waals surface area contributed by atoms with E-state index in [0.29, 0.717) is 31.1 Å². The molecule has 3 heterocycles. The van der Waals surface area contributed by atoms with Crippen molar-refractivity contribution in [3.8, 4) is 6.07 Å². The third kappa shape index (κ3) is 5.00. The molecule has 1 amide bonds. The molecule has 2 aromatic rings. The van der Waals surface area contributed by atoms with Gasteiger partial charge in [0, 0.05) is 50.9 Å². The Balaban J connectivity index is 1.42. The second kappa shape index (κ2) is 9.17. The van der Waals surface area contributed by atoms with Crippen LogP contribution in [0.2, 0.25) is 0 Å². The molecular formula is C23H26N4O2. The van der Waals surface area contributed by atoms with E-state index in [0.717, 1.165) is 43.7 Å². The average Bonchev–Trinajstić information content (AvgIpc) is 3.04. The number of hydrogen-bond donors (Lipinski definition) is 0. The monoisotopic (exact) mass is 390 g/mol. The van der Waals surface area contributed by atoms with Crippen LogP contribution < -0.4 is 0 Å². The van der Waals surface area contributed by atoms with Gasteiger partial charge in [0.1, 0.15) is 0 Å². The number of amides is 1. The Morgan fingerprint density at radius 1 is 1.14 bits per heavy atom. The number of hydrogen-bond acceptors (Lipinski definition) is 5. The highest BCUT2D eigenvalue weighted by molar-refractivity contribution is 5.77. The molecule has 2 bridgehead atoms. The highest BCUT2D eigenvalue weighted by Gasteiger charge is 2.35. The molecule has 0 N–H and O–H groups in total. The molecule has 0 radical (unpaired) electrons. The number of aromatic nitrogens is 1. The molecule has 0 unspecified atom stereocenters. The van der Waals surface area contributed by atoms with Crippen LogP contribution in [0.15, 0.2) is 48.8 Å². The molecule has 2 aliphatic rings. The summed E-state index contributed by atoms with van der Waals surface area (Å²) < 4.78 is 5.87. The van der Waals surface area contributed by atoms with Gasteiger partial charge in [-0.2, -0.15) is 5.26 Å². The Morgan fingerprint density at radius 2 is 2.00 bits per heavy atom. The molecule has 0 aliphatic carbocycles. The topological polar surface area (TPSA) is 69.5 Å². The molecule has 4 rings (SSSR count). The van der Waals surface area contributed by atoms with Gasteiger partial charge in [-0.3, -0.25) is 14.7 Å². The number of fused-ring (bicyclic) bond motifs is 3. The number of carbonyl (C=O) groups is 1. The highest BCUT2D eigenvalue weighted by atomic mass is 16.5. The number of nitriles is 1. The van der Waals surface area contributed by atoms with Gasteiger partial charge in [-0.15, -0.1) is 0 Å². The Hall–Kier alpha value is -2.75. The average molecular weight is 390 g/mol. The van der Waals surface area contributed by atoms with Crippen LogP contribution in [0.25, 0.3) is 0 Å². The molecule has 1 aromatic heterocycles. The third-order valence-corrected chi connectivity index (χ3v) is 5.70. The number of carbonyl (C=O) groups excluding carboxylic acids is 1. The first-order valence-electron chi connectivity index (χ1n) is 10.2.